The lowest BCUT2D eigenvalue weighted by Gasteiger charge is -1.98. The van der Waals surface area contributed by atoms with E-state index in [0.29, 0.717) is 6.42 Å². The van der Waals surface area contributed by atoms with Crippen LogP contribution in [-0.4, -0.2) is 29.2 Å². The molecule has 1 amide bonds. The monoisotopic (exact) mass is 216 g/mol. The van der Waals surface area contributed by atoms with Gasteiger partial charge in [0.2, 0.25) is 5.91 Å². The van der Waals surface area contributed by atoms with Gasteiger partial charge < -0.3 is 16.6 Å². The summed E-state index contributed by atoms with van der Waals surface area (Å²) in [7, 11) is 0. The molecule has 0 aromatic carbocycles. The molecule has 0 aromatic heterocycles. The molecule has 5 nitrogen and oxygen atoms in total. The van der Waals surface area contributed by atoms with E-state index in [2.05, 4.69) is 0 Å². The van der Waals surface area contributed by atoms with E-state index in [1.54, 1.807) is 0 Å². The second kappa shape index (κ2) is 6.19. The Bertz CT molecular complexity index is 205. The van der Waals surface area contributed by atoms with Crippen LogP contribution >= 0.6 is 0 Å². The fourth-order valence-corrected chi connectivity index (χ4v) is 0.201. The SMILES string of the molecule is CCC(N)C(N)=O.O=C(O)C(F)(F)F. The molecule has 1 atom stereocenters. The molecule has 0 aliphatic heterocycles. The van der Waals surface area contributed by atoms with E-state index in [9.17, 15) is 18.0 Å². The average Bonchev–Trinajstić information content (AvgIpc) is 2.02. The van der Waals surface area contributed by atoms with Crippen LogP contribution in [0.1, 0.15) is 13.3 Å². The van der Waals surface area contributed by atoms with Gasteiger partial charge in [-0.25, -0.2) is 4.79 Å². The number of carbonyl (C=O) groups excluding carboxylic acids is 1. The van der Waals surface area contributed by atoms with Crippen molar-refractivity contribution in [2.75, 3.05) is 0 Å². The zero-order chi connectivity index (χ0) is 11.9. The molecule has 5 N–H and O–H groups in total. The normalized spacial score (nSPS) is 12.4. The minimum absolute atomic E-state index is 0.428. The van der Waals surface area contributed by atoms with Crippen LogP contribution in [0.4, 0.5) is 13.2 Å². The van der Waals surface area contributed by atoms with E-state index in [4.69, 9.17) is 21.4 Å². The van der Waals surface area contributed by atoms with Crippen LogP contribution in [-0.2, 0) is 9.59 Å². The molecule has 0 heterocycles. The Labute approximate surface area is 77.9 Å². The molecule has 0 saturated carbocycles. The number of aliphatic carboxylic acids is 1. The van der Waals surface area contributed by atoms with Gasteiger partial charge in [0.05, 0.1) is 6.04 Å². The third-order valence-electron chi connectivity index (χ3n) is 1.05. The van der Waals surface area contributed by atoms with Crippen molar-refractivity contribution in [2.45, 2.75) is 25.6 Å². The summed E-state index contributed by atoms with van der Waals surface area (Å²) in [4.78, 5) is 18.9. The third kappa shape index (κ3) is 8.78. The molecular formula is C6H11F3N2O3. The van der Waals surface area contributed by atoms with Gasteiger partial charge in [-0.3, -0.25) is 4.79 Å². The van der Waals surface area contributed by atoms with E-state index in [1.165, 1.54) is 0 Å². The molecular weight excluding hydrogens is 205 g/mol. The smallest absolute Gasteiger partial charge is 0.475 e. The molecule has 0 bridgehead atoms. The molecule has 0 aliphatic rings. The number of amides is 1. The van der Waals surface area contributed by atoms with E-state index < -0.39 is 24.1 Å². The molecule has 0 rings (SSSR count). The molecule has 1 unspecified atom stereocenters. The summed E-state index contributed by atoms with van der Waals surface area (Å²) in [5, 5.41) is 7.12. The number of hydrogen-bond donors (Lipinski definition) is 3. The molecule has 0 saturated heterocycles. The van der Waals surface area contributed by atoms with Crippen molar-refractivity contribution in [2.24, 2.45) is 11.5 Å². The Kier molecular flexibility index (Phi) is 6.71. The highest BCUT2D eigenvalue weighted by atomic mass is 19.4. The summed E-state index contributed by atoms with van der Waals surface area (Å²) in [5.41, 5.74) is 9.92. The number of halogens is 3. The van der Waals surface area contributed by atoms with Crippen LogP contribution in [0, 0.1) is 0 Å². The van der Waals surface area contributed by atoms with Gasteiger partial charge in [-0.15, -0.1) is 0 Å². The molecule has 0 aromatic rings. The number of carbonyl (C=O) groups is 2. The Morgan fingerprint density at radius 1 is 1.43 bits per heavy atom. The Morgan fingerprint density at radius 2 is 1.71 bits per heavy atom. The van der Waals surface area contributed by atoms with Crippen molar-refractivity contribution >= 4 is 11.9 Å². The van der Waals surface area contributed by atoms with Crippen molar-refractivity contribution < 1.29 is 27.9 Å². The first-order chi connectivity index (χ1) is 6.12. The summed E-state index contributed by atoms with van der Waals surface area (Å²) in [6, 6.07) is -0.458. The maximum atomic E-state index is 10.6. The number of carboxylic acids is 1. The molecule has 0 fully saturated rings. The van der Waals surface area contributed by atoms with Gasteiger partial charge in [-0.05, 0) is 6.42 Å². The van der Waals surface area contributed by atoms with Crippen LogP contribution in [0.2, 0.25) is 0 Å². The zero-order valence-corrected chi connectivity index (χ0v) is 7.34. The minimum Gasteiger partial charge on any atom is -0.475 e. The number of nitrogens with two attached hydrogens (primary N) is 2. The first-order valence-corrected chi connectivity index (χ1v) is 3.47. The standard InChI is InChI=1S/C4H10N2O.C2HF3O2/c1-2-3(5)4(6)7;3-2(4,5)1(6)7/h3H,2,5H2,1H3,(H2,6,7);(H,6,7). The van der Waals surface area contributed by atoms with Crippen LogP contribution in [0.15, 0.2) is 0 Å². The summed E-state index contributed by atoms with van der Waals surface area (Å²) >= 11 is 0. The van der Waals surface area contributed by atoms with Gasteiger partial charge in [0.15, 0.2) is 0 Å². The number of rotatable bonds is 2. The number of primary amides is 1. The second-order valence-corrected chi connectivity index (χ2v) is 2.22. The highest BCUT2D eigenvalue weighted by molar-refractivity contribution is 5.79. The van der Waals surface area contributed by atoms with Gasteiger partial charge in [0, 0.05) is 0 Å². The van der Waals surface area contributed by atoms with Crippen molar-refractivity contribution in [3.8, 4) is 0 Å². The first kappa shape index (κ1) is 15.2. The largest absolute Gasteiger partial charge is 0.490 e. The van der Waals surface area contributed by atoms with Gasteiger partial charge >= 0.3 is 12.1 Å². The summed E-state index contributed by atoms with van der Waals surface area (Å²) in [6.07, 6.45) is -4.46. The average molecular weight is 216 g/mol. The molecule has 0 spiro atoms. The number of alkyl halides is 3. The minimum atomic E-state index is -5.08. The summed E-state index contributed by atoms with van der Waals surface area (Å²) in [5.74, 6) is -3.19. The topological polar surface area (TPSA) is 106 Å². The molecule has 84 valence electrons. The summed E-state index contributed by atoms with van der Waals surface area (Å²) in [6.45, 7) is 1.81. The lowest BCUT2D eigenvalue weighted by Crippen LogP contribution is -2.35. The number of carboxylic acid groups (broad SMARTS) is 1. The van der Waals surface area contributed by atoms with E-state index in [1.807, 2.05) is 6.92 Å². The van der Waals surface area contributed by atoms with Crippen molar-refractivity contribution in [3.63, 3.8) is 0 Å². The maximum Gasteiger partial charge on any atom is 0.490 e. The fraction of sp³-hybridized carbons (Fsp3) is 0.667. The van der Waals surface area contributed by atoms with E-state index in [0.717, 1.165) is 0 Å². The lowest BCUT2D eigenvalue weighted by molar-refractivity contribution is -0.192. The Balaban J connectivity index is 0. The second-order valence-electron chi connectivity index (χ2n) is 2.22. The predicted octanol–water partition coefficient (Wildman–Crippen LogP) is -0.158. The first-order valence-electron chi connectivity index (χ1n) is 3.47. The van der Waals surface area contributed by atoms with Gasteiger partial charge in [-0.2, -0.15) is 13.2 Å². The van der Waals surface area contributed by atoms with Crippen LogP contribution in [0.25, 0.3) is 0 Å². The van der Waals surface area contributed by atoms with Crippen LogP contribution in [0.5, 0.6) is 0 Å². The van der Waals surface area contributed by atoms with Crippen LogP contribution in [0.3, 0.4) is 0 Å². The summed E-state index contributed by atoms with van der Waals surface area (Å²) < 4.78 is 31.7. The Morgan fingerprint density at radius 3 is 1.71 bits per heavy atom. The molecule has 0 aliphatic carbocycles. The third-order valence-corrected chi connectivity index (χ3v) is 1.05. The molecule has 14 heavy (non-hydrogen) atoms. The van der Waals surface area contributed by atoms with Crippen molar-refractivity contribution in [1.82, 2.24) is 0 Å². The predicted molar refractivity (Wildman–Crippen MR) is 41.2 cm³/mol. The number of hydrogen-bond acceptors (Lipinski definition) is 3. The maximum absolute atomic E-state index is 10.6. The van der Waals surface area contributed by atoms with E-state index in [-0.39, 0.29) is 0 Å². The van der Waals surface area contributed by atoms with Crippen LogP contribution < -0.4 is 11.5 Å². The molecule has 8 heteroatoms. The van der Waals surface area contributed by atoms with Crippen molar-refractivity contribution in [1.29, 1.82) is 0 Å². The van der Waals surface area contributed by atoms with E-state index >= 15 is 0 Å². The highest BCUT2D eigenvalue weighted by Crippen LogP contribution is 2.13. The quantitative estimate of drug-likeness (QED) is 0.596. The zero-order valence-electron chi connectivity index (χ0n) is 7.34. The van der Waals surface area contributed by atoms with Gasteiger partial charge in [0.25, 0.3) is 0 Å². The van der Waals surface area contributed by atoms with Gasteiger partial charge in [-0.1, -0.05) is 6.92 Å². The van der Waals surface area contributed by atoms with Crippen molar-refractivity contribution in [3.05, 3.63) is 0 Å². The fourth-order valence-electron chi connectivity index (χ4n) is 0.201. The lowest BCUT2D eigenvalue weighted by atomic mass is 10.2. The molecule has 0 radical (unpaired) electrons. The Hall–Kier alpha value is -1.31. The van der Waals surface area contributed by atoms with Gasteiger partial charge in [0.1, 0.15) is 0 Å². The highest BCUT2D eigenvalue weighted by Gasteiger charge is 2.38.